The predicted molar refractivity (Wildman–Crippen MR) is 77.9 cm³/mol. The van der Waals surface area contributed by atoms with E-state index in [0.717, 1.165) is 21.6 Å². The van der Waals surface area contributed by atoms with Crippen molar-refractivity contribution in [3.05, 3.63) is 21.8 Å². The molecule has 1 saturated heterocycles. The first-order valence-corrected chi connectivity index (χ1v) is 6.79. The van der Waals surface area contributed by atoms with Crippen molar-refractivity contribution in [3.8, 4) is 0 Å². The quantitative estimate of drug-likeness (QED) is 0.489. The number of amides is 1. The molecule has 1 aliphatic heterocycles. The third-order valence-electron chi connectivity index (χ3n) is 2.74. The Morgan fingerprint density at radius 1 is 1.56 bits per heavy atom. The van der Waals surface area contributed by atoms with E-state index in [0.29, 0.717) is 18.0 Å². The van der Waals surface area contributed by atoms with Crippen LogP contribution in [0.2, 0.25) is 0 Å². The topological polar surface area (TPSA) is 46.3 Å². The fraction of sp³-hybridized carbons (Fsp3) is 0.364. The lowest BCUT2D eigenvalue weighted by Crippen LogP contribution is -2.25. The molecule has 1 aromatic rings. The molecular weight excluding hydrogens is 335 g/mol. The van der Waals surface area contributed by atoms with Crippen molar-refractivity contribution < 1.29 is 4.79 Å². The summed E-state index contributed by atoms with van der Waals surface area (Å²) < 4.78 is 1.08. The lowest BCUT2D eigenvalue weighted by atomic mass is 10.1. The Morgan fingerprint density at radius 2 is 2.31 bits per heavy atom. The maximum atomic E-state index is 11.8. The number of anilines is 2. The van der Waals surface area contributed by atoms with Crippen molar-refractivity contribution in [3.63, 3.8) is 0 Å². The van der Waals surface area contributed by atoms with Crippen molar-refractivity contribution in [1.29, 1.82) is 0 Å². The van der Waals surface area contributed by atoms with E-state index in [2.05, 4.69) is 35.2 Å². The number of rotatable bonds is 2. The first-order chi connectivity index (χ1) is 7.61. The number of halogens is 1. The van der Waals surface area contributed by atoms with Gasteiger partial charge in [0.1, 0.15) is 0 Å². The predicted octanol–water partition coefficient (Wildman–Crippen LogP) is 2.16. The van der Waals surface area contributed by atoms with Gasteiger partial charge in [-0.3, -0.25) is 4.79 Å². The van der Waals surface area contributed by atoms with Crippen molar-refractivity contribution >= 4 is 52.5 Å². The minimum Gasteiger partial charge on any atom is -0.397 e. The van der Waals surface area contributed by atoms with Gasteiger partial charge in [0, 0.05) is 16.5 Å². The molecule has 5 heteroatoms. The Hall–Kier alpha value is -0.430. The fourth-order valence-corrected chi connectivity index (χ4v) is 2.67. The molecule has 1 amide bonds. The summed E-state index contributed by atoms with van der Waals surface area (Å²) in [6.07, 6.45) is 0.578. The average molecular weight is 348 g/mol. The first-order valence-electron chi connectivity index (χ1n) is 5.08. The molecule has 0 aromatic heterocycles. The normalized spacial score (nSPS) is 20.5. The summed E-state index contributed by atoms with van der Waals surface area (Å²) in [5.74, 6) is 1.23. The molecule has 86 valence electrons. The molecule has 0 bridgehead atoms. The van der Waals surface area contributed by atoms with E-state index in [4.69, 9.17) is 5.73 Å². The van der Waals surface area contributed by atoms with Gasteiger partial charge in [-0.05, 0) is 52.5 Å². The second-order valence-corrected chi connectivity index (χ2v) is 5.57. The summed E-state index contributed by atoms with van der Waals surface area (Å²) in [6.45, 7) is 0.729. The summed E-state index contributed by atoms with van der Waals surface area (Å²) in [7, 11) is 0. The maximum Gasteiger partial charge on any atom is 0.227 e. The highest BCUT2D eigenvalue weighted by Crippen LogP contribution is 2.31. The molecule has 1 aliphatic rings. The summed E-state index contributed by atoms with van der Waals surface area (Å²) in [4.78, 5) is 13.6. The van der Waals surface area contributed by atoms with Crippen molar-refractivity contribution in [2.75, 3.05) is 22.9 Å². The van der Waals surface area contributed by atoms with Crippen LogP contribution in [0.3, 0.4) is 0 Å². The van der Waals surface area contributed by atoms with Crippen molar-refractivity contribution in [2.45, 2.75) is 6.42 Å². The van der Waals surface area contributed by atoms with Gasteiger partial charge >= 0.3 is 0 Å². The second-order valence-electron chi connectivity index (χ2n) is 3.96. The number of hydrogen-bond donors (Lipinski definition) is 2. The summed E-state index contributed by atoms with van der Waals surface area (Å²) in [5, 5.41) is 0. The van der Waals surface area contributed by atoms with Crippen LogP contribution in [0.5, 0.6) is 0 Å². The lowest BCUT2D eigenvalue weighted by molar-refractivity contribution is -0.117. The molecule has 1 unspecified atom stereocenters. The van der Waals surface area contributed by atoms with Gasteiger partial charge in [-0.2, -0.15) is 12.6 Å². The van der Waals surface area contributed by atoms with Crippen LogP contribution in [0.1, 0.15) is 6.42 Å². The fourth-order valence-electron chi connectivity index (χ4n) is 1.91. The largest absolute Gasteiger partial charge is 0.397 e. The highest BCUT2D eigenvalue weighted by Gasteiger charge is 2.30. The van der Waals surface area contributed by atoms with Gasteiger partial charge in [0.2, 0.25) is 5.91 Å². The summed E-state index contributed by atoms with van der Waals surface area (Å²) >= 11 is 6.45. The van der Waals surface area contributed by atoms with E-state index in [9.17, 15) is 4.79 Å². The molecule has 1 fully saturated rings. The Bertz CT molecular complexity index is 424. The summed E-state index contributed by atoms with van der Waals surface area (Å²) in [5.41, 5.74) is 7.43. The zero-order chi connectivity index (χ0) is 11.7. The molecule has 1 aromatic carbocycles. The molecule has 1 atom stereocenters. The number of carbonyl (C=O) groups excluding carboxylic acids is 1. The van der Waals surface area contributed by atoms with Crippen LogP contribution in [0.25, 0.3) is 0 Å². The monoisotopic (exact) mass is 348 g/mol. The Balaban J connectivity index is 2.28. The third kappa shape index (κ3) is 2.29. The standard InChI is InChI=1S/C11H13IN2OS/c12-8-1-2-10(9(13)4-8)14-5-7(6-16)3-11(14)15/h1-2,4,7,16H,3,5-6,13H2. The molecule has 16 heavy (non-hydrogen) atoms. The number of nitrogens with zero attached hydrogens (tertiary/aromatic N) is 1. The number of nitrogens with two attached hydrogens (primary N) is 1. The van der Waals surface area contributed by atoms with Gasteiger partial charge in [0.15, 0.2) is 0 Å². The molecule has 0 spiro atoms. The molecule has 3 nitrogen and oxygen atoms in total. The molecule has 0 radical (unpaired) electrons. The highest BCUT2D eigenvalue weighted by molar-refractivity contribution is 14.1. The molecular formula is C11H13IN2OS. The SMILES string of the molecule is Nc1cc(I)ccc1N1CC(CS)CC1=O. The van der Waals surface area contributed by atoms with Gasteiger partial charge < -0.3 is 10.6 Å². The minimum atomic E-state index is 0.145. The van der Waals surface area contributed by atoms with E-state index in [1.807, 2.05) is 18.2 Å². The van der Waals surface area contributed by atoms with E-state index in [-0.39, 0.29) is 5.91 Å². The molecule has 0 aliphatic carbocycles. The Labute approximate surface area is 114 Å². The Morgan fingerprint density at radius 3 is 2.88 bits per heavy atom. The van der Waals surface area contributed by atoms with Gasteiger partial charge in [-0.25, -0.2) is 0 Å². The van der Waals surface area contributed by atoms with Crippen LogP contribution in [0.15, 0.2) is 18.2 Å². The number of carbonyl (C=O) groups is 1. The van der Waals surface area contributed by atoms with E-state index in [1.54, 1.807) is 4.90 Å². The van der Waals surface area contributed by atoms with Crippen LogP contribution >= 0.6 is 35.2 Å². The number of hydrogen-bond acceptors (Lipinski definition) is 3. The van der Waals surface area contributed by atoms with Crippen LogP contribution in [-0.2, 0) is 4.79 Å². The highest BCUT2D eigenvalue weighted by atomic mass is 127. The average Bonchev–Trinajstić information content (AvgIpc) is 2.60. The minimum absolute atomic E-state index is 0.145. The molecule has 2 rings (SSSR count). The van der Waals surface area contributed by atoms with Crippen LogP contribution in [0.4, 0.5) is 11.4 Å². The lowest BCUT2D eigenvalue weighted by Gasteiger charge is -2.18. The zero-order valence-electron chi connectivity index (χ0n) is 8.69. The zero-order valence-corrected chi connectivity index (χ0v) is 11.7. The number of thiol groups is 1. The van der Waals surface area contributed by atoms with Crippen molar-refractivity contribution in [2.24, 2.45) is 5.92 Å². The van der Waals surface area contributed by atoms with Gasteiger partial charge in [-0.1, -0.05) is 0 Å². The third-order valence-corrected chi connectivity index (χ3v) is 3.93. The number of benzene rings is 1. The van der Waals surface area contributed by atoms with Crippen LogP contribution in [0, 0.1) is 9.49 Å². The molecule has 1 heterocycles. The van der Waals surface area contributed by atoms with E-state index < -0.39 is 0 Å². The first kappa shape index (κ1) is 12.0. The molecule has 2 N–H and O–H groups in total. The molecule has 0 saturated carbocycles. The van der Waals surface area contributed by atoms with Crippen LogP contribution < -0.4 is 10.6 Å². The maximum absolute atomic E-state index is 11.8. The van der Waals surface area contributed by atoms with Gasteiger partial charge in [0.25, 0.3) is 0 Å². The van der Waals surface area contributed by atoms with Gasteiger partial charge in [0.05, 0.1) is 11.4 Å². The summed E-state index contributed by atoms with van der Waals surface area (Å²) in [6, 6.07) is 5.76. The number of nitrogen functional groups attached to an aromatic ring is 1. The Kier molecular flexibility index (Phi) is 3.63. The van der Waals surface area contributed by atoms with Gasteiger partial charge in [-0.15, -0.1) is 0 Å². The van der Waals surface area contributed by atoms with E-state index >= 15 is 0 Å². The van der Waals surface area contributed by atoms with Crippen LogP contribution in [-0.4, -0.2) is 18.2 Å². The van der Waals surface area contributed by atoms with E-state index in [1.165, 1.54) is 0 Å². The van der Waals surface area contributed by atoms with Crippen molar-refractivity contribution in [1.82, 2.24) is 0 Å². The second kappa shape index (κ2) is 4.83. The smallest absolute Gasteiger partial charge is 0.227 e.